The lowest BCUT2D eigenvalue weighted by Gasteiger charge is -2.10. The maximum absolute atomic E-state index is 8.69. The summed E-state index contributed by atoms with van der Waals surface area (Å²) in [5.41, 5.74) is 0. The molecule has 0 aliphatic rings. The molecule has 2 atom stereocenters. The molecule has 0 aliphatic heterocycles. The van der Waals surface area contributed by atoms with Crippen molar-refractivity contribution in [1.29, 1.82) is 0 Å². The van der Waals surface area contributed by atoms with Crippen molar-refractivity contribution in [2.24, 2.45) is 0 Å². The fourth-order valence-electron chi connectivity index (χ4n) is 0.356. The average Bonchev–Trinajstić information content (AvgIpc) is 1.99. The highest BCUT2D eigenvalue weighted by atomic mass is 16.5. The first kappa shape index (κ1) is 15.3. The Hall–Kier alpha value is -0.175. The number of rotatable bonds is 4. The molecule has 0 saturated heterocycles. The van der Waals surface area contributed by atoms with Crippen molar-refractivity contribution in [3.8, 4) is 0 Å². The second-order valence-corrected chi connectivity index (χ2v) is 2.52. The van der Waals surface area contributed by atoms with Gasteiger partial charge in [-0.1, -0.05) is 0 Å². The Balaban J connectivity index is 0. The summed E-state index contributed by atoms with van der Waals surface area (Å²) in [4.78, 5) is 0. The zero-order chi connectivity index (χ0) is 10.9. The molecule has 0 aromatic carbocycles. The van der Waals surface area contributed by atoms with Gasteiger partial charge in [0.1, 0.15) is 0 Å². The molecule has 0 radical (unpaired) electrons. The van der Waals surface area contributed by atoms with Crippen molar-refractivity contribution in [2.45, 2.75) is 26.1 Å². The van der Waals surface area contributed by atoms with Gasteiger partial charge in [-0.3, -0.25) is 0 Å². The first-order chi connectivity index (χ1) is 5.90. The number of hydrogen-bond acceptors (Lipinski definition) is 6. The van der Waals surface area contributed by atoms with Gasteiger partial charge in [-0.05, 0) is 13.8 Å². The van der Waals surface area contributed by atoms with E-state index < -0.39 is 13.4 Å². The molecule has 5 N–H and O–H groups in total. The summed E-state index contributed by atoms with van der Waals surface area (Å²) >= 11 is 0. The predicted octanol–water partition coefficient (Wildman–Crippen LogP) is -2.29. The average molecular weight is 196 g/mol. The number of ether oxygens (including phenoxy) is 1. The molecule has 0 heterocycles. The normalized spacial score (nSPS) is 14.1. The molecule has 80 valence electrons. The van der Waals surface area contributed by atoms with Crippen LogP contribution in [0.25, 0.3) is 0 Å². The van der Waals surface area contributed by atoms with E-state index in [0.29, 0.717) is 6.61 Å². The summed E-state index contributed by atoms with van der Waals surface area (Å²) in [6.07, 6.45) is -0.612. The highest BCUT2D eigenvalue weighted by Gasteiger charge is 2.00. The van der Waals surface area contributed by atoms with E-state index in [-0.39, 0.29) is 12.7 Å². The number of aliphatic hydroxyl groups is 2. The van der Waals surface area contributed by atoms with Gasteiger partial charge in [-0.15, -0.1) is 0 Å². The van der Waals surface area contributed by atoms with Crippen LogP contribution in [0.1, 0.15) is 13.8 Å². The van der Waals surface area contributed by atoms with Crippen LogP contribution >= 0.6 is 0 Å². The highest BCUT2D eigenvalue weighted by molar-refractivity contribution is 6.30. The Morgan fingerprint density at radius 2 is 1.62 bits per heavy atom. The minimum atomic E-state index is -2.17. The van der Waals surface area contributed by atoms with E-state index in [9.17, 15) is 0 Å². The molecule has 0 aromatic heterocycles. The predicted molar refractivity (Wildman–Crippen MR) is 46.6 cm³/mol. The quantitative estimate of drug-likeness (QED) is 0.324. The second-order valence-electron chi connectivity index (χ2n) is 2.52. The summed E-state index contributed by atoms with van der Waals surface area (Å²) < 4.78 is 4.95. The van der Waals surface area contributed by atoms with Gasteiger partial charge in [0.05, 0.1) is 25.4 Å². The van der Waals surface area contributed by atoms with E-state index in [1.165, 1.54) is 0 Å². The first-order valence-corrected chi connectivity index (χ1v) is 3.84. The first-order valence-electron chi connectivity index (χ1n) is 3.84. The molecule has 0 aliphatic carbocycles. The molecule has 2 unspecified atom stereocenters. The van der Waals surface area contributed by atoms with Gasteiger partial charge in [0.15, 0.2) is 0 Å². The van der Waals surface area contributed by atoms with Crippen molar-refractivity contribution in [3.05, 3.63) is 0 Å². The lowest BCUT2D eigenvalue weighted by Crippen LogP contribution is -2.19. The second kappa shape index (κ2) is 9.91. The Morgan fingerprint density at radius 1 is 1.23 bits per heavy atom. The third-order valence-corrected chi connectivity index (χ3v) is 0.879. The van der Waals surface area contributed by atoms with Gasteiger partial charge < -0.3 is 30.0 Å². The molecule has 0 aromatic rings. The van der Waals surface area contributed by atoms with Crippen molar-refractivity contribution in [2.75, 3.05) is 13.2 Å². The molecule has 0 amide bonds. The van der Waals surface area contributed by atoms with Crippen LogP contribution in [0.5, 0.6) is 0 Å². The Bertz CT molecular complexity index is 96.4. The minimum absolute atomic E-state index is 0.00667. The van der Waals surface area contributed by atoms with E-state index in [1.54, 1.807) is 13.8 Å². The van der Waals surface area contributed by atoms with Crippen LogP contribution in [0, 0.1) is 0 Å². The van der Waals surface area contributed by atoms with Gasteiger partial charge in [-0.25, -0.2) is 0 Å². The van der Waals surface area contributed by atoms with E-state index >= 15 is 0 Å². The molecule has 0 rings (SSSR count). The van der Waals surface area contributed by atoms with E-state index in [4.69, 9.17) is 30.0 Å². The monoisotopic (exact) mass is 196 g/mol. The van der Waals surface area contributed by atoms with Crippen molar-refractivity contribution >= 4 is 7.32 Å². The molecule has 0 spiro atoms. The molecule has 13 heavy (non-hydrogen) atoms. The lowest BCUT2D eigenvalue weighted by atomic mass is 10.3. The van der Waals surface area contributed by atoms with Crippen LogP contribution in [-0.2, 0) is 4.74 Å². The zero-order valence-electron chi connectivity index (χ0n) is 7.79. The molecule has 6 nitrogen and oxygen atoms in total. The van der Waals surface area contributed by atoms with E-state index in [0.717, 1.165) is 0 Å². The summed E-state index contributed by atoms with van der Waals surface area (Å²) in [5.74, 6) is 0. The number of aliphatic hydroxyl groups excluding tert-OH is 2. The maximum atomic E-state index is 8.69. The lowest BCUT2D eigenvalue weighted by molar-refractivity contribution is -0.0177. The summed E-state index contributed by atoms with van der Waals surface area (Å²) in [6, 6.07) is 0. The largest absolute Gasteiger partial charge is 0.631 e. The highest BCUT2D eigenvalue weighted by Crippen LogP contribution is 1.90. The van der Waals surface area contributed by atoms with Crippen LogP contribution in [0.15, 0.2) is 0 Å². The number of hydrogen-bond donors (Lipinski definition) is 5. The molecular weight excluding hydrogens is 179 g/mol. The Morgan fingerprint density at radius 3 is 1.85 bits per heavy atom. The van der Waals surface area contributed by atoms with Crippen LogP contribution in [0.3, 0.4) is 0 Å². The van der Waals surface area contributed by atoms with Crippen molar-refractivity contribution in [1.82, 2.24) is 0 Å². The fraction of sp³-hybridized carbons (Fsp3) is 1.00. The van der Waals surface area contributed by atoms with Gasteiger partial charge >= 0.3 is 7.32 Å². The van der Waals surface area contributed by atoms with Crippen molar-refractivity contribution in [3.63, 3.8) is 0 Å². The topological polar surface area (TPSA) is 110 Å². The van der Waals surface area contributed by atoms with Gasteiger partial charge in [-0.2, -0.15) is 0 Å². The SMILES string of the molecule is CC(O)COC(C)CO.OB(O)O. The third kappa shape index (κ3) is 24.5. The minimum Gasteiger partial charge on any atom is -0.402 e. The van der Waals surface area contributed by atoms with Crippen LogP contribution in [0.4, 0.5) is 0 Å². The fourth-order valence-corrected chi connectivity index (χ4v) is 0.356. The Kier molecular flexibility index (Phi) is 11.7. The zero-order valence-corrected chi connectivity index (χ0v) is 7.79. The molecule has 0 bridgehead atoms. The summed E-state index contributed by atoms with van der Waals surface area (Å²) in [5, 5.41) is 38.6. The van der Waals surface area contributed by atoms with Gasteiger partial charge in [0.25, 0.3) is 0 Å². The molecular formula is C6H17BO6. The Labute approximate surface area is 77.6 Å². The van der Waals surface area contributed by atoms with Crippen LogP contribution < -0.4 is 0 Å². The third-order valence-electron chi connectivity index (χ3n) is 0.879. The summed E-state index contributed by atoms with van der Waals surface area (Å²) in [7, 11) is -2.17. The molecule has 7 heteroatoms. The van der Waals surface area contributed by atoms with Crippen molar-refractivity contribution < 1.29 is 30.0 Å². The van der Waals surface area contributed by atoms with Gasteiger partial charge in [0.2, 0.25) is 0 Å². The maximum Gasteiger partial charge on any atom is 0.631 e. The van der Waals surface area contributed by atoms with Crippen LogP contribution in [0.2, 0.25) is 0 Å². The van der Waals surface area contributed by atoms with E-state index in [1.807, 2.05) is 0 Å². The van der Waals surface area contributed by atoms with Gasteiger partial charge in [0, 0.05) is 0 Å². The van der Waals surface area contributed by atoms with Crippen LogP contribution in [-0.4, -0.2) is 58.0 Å². The smallest absolute Gasteiger partial charge is 0.402 e. The summed E-state index contributed by atoms with van der Waals surface area (Å²) in [6.45, 7) is 3.70. The molecule has 0 fully saturated rings. The van der Waals surface area contributed by atoms with E-state index in [2.05, 4.69) is 0 Å². The molecule has 0 saturated carbocycles. The standard InChI is InChI=1S/C6H14O3.BH3O3/c1-5(8)4-9-6(2)3-7;2-1(3)4/h5-8H,3-4H2,1-2H3;2-4H.